The van der Waals surface area contributed by atoms with Crippen LogP contribution in [0.15, 0.2) is 36.1 Å². The highest BCUT2D eigenvalue weighted by molar-refractivity contribution is 5.90. The molecule has 1 aromatic rings. The molecule has 3 aliphatic heterocycles. The molecule has 1 aromatic carbocycles. The molecular formula is C40H52O16. The zero-order valence-electron chi connectivity index (χ0n) is 32.7. The molecule has 4 rings (SSSR count). The first-order valence-corrected chi connectivity index (χ1v) is 19.0. The number of ketones is 1. The van der Waals surface area contributed by atoms with Gasteiger partial charge in [0.2, 0.25) is 12.6 Å². The highest BCUT2D eigenvalue weighted by Crippen LogP contribution is 2.42. The smallest absolute Gasteiger partial charge is 0.337 e. The molecule has 0 aromatic heterocycles. The Labute approximate surface area is 325 Å². The molecule has 2 saturated heterocycles. The maximum atomic E-state index is 13.2. The standard InChI is InChI=1S/C40H52O16/c1-7-31-32-19-30(14-10-13-28(46)12-9-8-11-27-15-17-29(18-16-27)50-23(3)42)54-38(47)33(32)20-49-39(31)56-40-37(53-26(6)45)36(52-25(5)44)35(51-24(4)43)34(55-40)21-48-22(2)41/h15-18,20,30-32,34-37,39-40H,7-14,19,21H2,1-6H3/t30-,31+,32-,34+,35+,36-,37+,39-,40-/m0/s1. The average molecular weight is 789 g/mol. The van der Waals surface area contributed by atoms with Crippen LogP contribution in [0.3, 0.4) is 0 Å². The van der Waals surface area contributed by atoms with Crippen LogP contribution in [-0.4, -0.2) is 91.3 Å². The van der Waals surface area contributed by atoms with Gasteiger partial charge in [-0.15, -0.1) is 0 Å². The van der Waals surface area contributed by atoms with Crippen molar-refractivity contribution in [1.29, 1.82) is 0 Å². The fourth-order valence-electron chi connectivity index (χ4n) is 7.21. The Hall–Kier alpha value is -4.83. The number of aryl methyl sites for hydroxylation is 1. The van der Waals surface area contributed by atoms with E-state index >= 15 is 0 Å². The van der Waals surface area contributed by atoms with Crippen LogP contribution in [-0.2, 0) is 77.9 Å². The molecule has 3 aliphatic rings. The third kappa shape index (κ3) is 12.9. The lowest BCUT2D eigenvalue weighted by Crippen LogP contribution is -2.63. The van der Waals surface area contributed by atoms with Gasteiger partial charge in [0.05, 0.1) is 11.8 Å². The molecule has 3 heterocycles. The van der Waals surface area contributed by atoms with Gasteiger partial charge in [0.25, 0.3) is 0 Å². The van der Waals surface area contributed by atoms with Crippen molar-refractivity contribution in [2.45, 2.75) is 142 Å². The summed E-state index contributed by atoms with van der Waals surface area (Å²) in [4.78, 5) is 85.3. The van der Waals surface area contributed by atoms with Crippen LogP contribution in [0, 0.1) is 11.8 Å². The maximum Gasteiger partial charge on any atom is 0.337 e. The molecule has 0 spiro atoms. The number of hydrogen-bond donors (Lipinski definition) is 0. The SMILES string of the molecule is CC[C@H]1[C@H](O[C@@H]2O[C@H](COC(C)=O)[C@@H](OC(C)=O)[C@H](OC(C)=O)[C@H]2OC(C)=O)OC=C2C(=O)O[C@@H](CCCC(=O)CCCCc3ccc(OC(C)=O)cc3)C[C@H]21. The predicted molar refractivity (Wildman–Crippen MR) is 192 cm³/mol. The van der Waals surface area contributed by atoms with E-state index in [9.17, 15) is 33.6 Å². The first-order chi connectivity index (χ1) is 26.6. The number of esters is 6. The topological polar surface area (TPSA) is 203 Å². The van der Waals surface area contributed by atoms with Gasteiger partial charge < -0.3 is 42.6 Å². The zero-order chi connectivity index (χ0) is 40.9. The molecule has 0 radical (unpaired) electrons. The number of carbonyl (C=O) groups excluding carboxylic acids is 7. The van der Waals surface area contributed by atoms with Gasteiger partial charge in [0.1, 0.15) is 30.3 Å². The van der Waals surface area contributed by atoms with E-state index in [2.05, 4.69) is 0 Å². The molecule has 0 bridgehead atoms. The molecule has 2 fully saturated rings. The van der Waals surface area contributed by atoms with Gasteiger partial charge in [0.15, 0.2) is 18.3 Å². The van der Waals surface area contributed by atoms with Crippen LogP contribution in [0.4, 0.5) is 0 Å². The molecular weight excluding hydrogens is 736 g/mol. The third-order valence-electron chi connectivity index (χ3n) is 9.65. The van der Waals surface area contributed by atoms with Gasteiger partial charge in [0, 0.05) is 59.3 Å². The van der Waals surface area contributed by atoms with Crippen molar-refractivity contribution in [3.8, 4) is 5.75 Å². The van der Waals surface area contributed by atoms with Crippen molar-refractivity contribution in [2.24, 2.45) is 11.8 Å². The lowest BCUT2D eigenvalue weighted by atomic mass is 9.76. The van der Waals surface area contributed by atoms with Crippen molar-refractivity contribution < 1.29 is 76.2 Å². The Morgan fingerprint density at radius 2 is 1.39 bits per heavy atom. The lowest BCUT2D eigenvalue weighted by molar-refractivity contribution is -0.344. The Bertz CT molecular complexity index is 1600. The number of rotatable bonds is 18. The molecule has 0 aliphatic carbocycles. The van der Waals surface area contributed by atoms with E-state index in [1.165, 1.54) is 20.1 Å². The molecule has 9 atom stereocenters. The predicted octanol–water partition coefficient (Wildman–Crippen LogP) is 4.36. The number of benzene rings is 1. The molecule has 308 valence electrons. The van der Waals surface area contributed by atoms with Crippen LogP contribution in [0.5, 0.6) is 5.75 Å². The number of cyclic esters (lactones) is 1. The fourth-order valence-corrected chi connectivity index (χ4v) is 7.21. The number of unbranched alkanes of at least 4 members (excludes halogenated alkanes) is 1. The highest BCUT2D eigenvalue weighted by Gasteiger charge is 2.55. The normalized spacial score (nSPS) is 26.9. The Morgan fingerprint density at radius 3 is 2.02 bits per heavy atom. The second-order valence-electron chi connectivity index (χ2n) is 14.1. The minimum Gasteiger partial charge on any atom is -0.472 e. The lowest BCUT2D eigenvalue weighted by Gasteiger charge is -2.46. The van der Waals surface area contributed by atoms with Gasteiger partial charge in [-0.2, -0.15) is 0 Å². The van der Waals surface area contributed by atoms with Gasteiger partial charge in [-0.05, 0) is 62.6 Å². The first kappa shape index (κ1) is 43.9. The summed E-state index contributed by atoms with van der Waals surface area (Å²) in [6.45, 7) is 7.39. The van der Waals surface area contributed by atoms with E-state index < -0.39 is 85.5 Å². The third-order valence-corrected chi connectivity index (χ3v) is 9.65. The summed E-state index contributed by atoms with van der Waals surface area (Å²) in [6, 6.07) is 7.30. The summed E-state index contributed by atoms with van der Waals surface area (Å²) in [5, 5.41) is 0. The Morgan fingerprint density at radius 1 is 0.750 bits per heavy atom. The second-order valence-corrected chi connectivity index (χ2v) is 14.1. The summed E-state index contributed by atoms with van der Waals surface area (Å²) in [6.07, 6.45) is -1.99. The van der Waals surface area contributed by atoms with E-state index in [1.807, 2.05) is 19.1 Å². The van der Waals surface area contributed by atoms with E-state index in [0.29, 0.717) is 49.8 Å². The van der Waals surface area contributed by atoms with Crippen molar-refractivity contribution >= 4 is 41.6 Å². The maximum absolute atomic E-state index is 13.2. The fraction of sp³-hybridized carbons (Fsp3) is 0.625. The van der Waals surface area contributed by atoms with Crippen LogP contribution in [0.25, 0.3) is 0 Å². The number of Topliss-reactive ketones (excluding diaryl/α,β-unsaturated/α-hetero) is 1. The Balaban J connectivity index is 1.37. The summed E-state index contributed by atoms with van der Waals surface area (Å²) >= 11 is 0. The number of hydrogen-bond acceptors (Lipinski definition) is 16. The molecule has 0 saturated carbocycles. The van der Waals surface area contributed by atoms with Crippen LogP contribution in [0.2, 0.25) is 0 Å². The van der Waals surface area contributed by atoms with Gasteiger partial charge in [-0.25, -0.2) is 4.79 Å². The quantitative estimate of drug-likeness (QED) is 0.0878. The largest absolute Gasteiger partial charge is 0.472 e. The summed E-state index contributed by atoms with van der Waals surface area (Å²) in [7, 11) is 0. The second kappa shape index (κ2) is 20.9. The van der Waals surface area contributed by atoms with Crippen molar-refractivity contribution in [3.05, 3.63) is 41.7 Å². The molecule has 16 nitrogen and oxygen atoms in total. The number of carbonyl (C=O) groups is 7. The van der Waals surface area contributed by atoms with E-state index in [4.69, 9.17) is 42.6 Å². The Kier molecular flexibility index (Phi) is 16.4. The van der Waals surface area contributed by atoms with Crippen molar-refractivity contribution in [1.82, 2.24) is 0 Å². The van der Waals surface area contributed by atoms with Crippen LogP contribution in [0.1, 0.15) is 98.5 Å². The minimum absolute atomic E-state index is 0.133. The van der Waals surface area contributed by atoms with E-state index in [-0.39, 0.29) is 17.7 Å². The summed E-state index contributed by atoms with van der Waals surface area (Å²) in [5.41, 5.74) is 1.43. The average Bonchev–Trinajstić information content (AvgIpc) is 3.11. The van der Waals surface area contributed by atoms with Gasteiger partial charge in [-0.3, -0.25) is 28.8 Å². The first-order valence-electron chi connectivity index (χ1n) is 19.0. The molecule has 0 N–H and O–H groups in total. The number of ether oxygens (including phenoxy) is 9. The molecule has 56 heavy (non-hydrogen) atoms. The minimum atomic E-state index is -1.46. The van der Waals surface area contributed by atoms with E-state index in [1.54, 1.807) is 12.1 Å². The van der Waals surface area contributed by atoms with Crippen LogP contribution >= 0.6 is 0 Å². The summed E-state index contributed by atoms with van der Waals surface area (Å²) < 4.78 is 50.8. The highest BCUT2D eigenvalue weighted by atomic mass is 16.8. The zero-order valence-corrected chi connectivity index (χ0v) is 32.7. The monoisotopic (exact) mass is 788 g/mol. The molecule has 0 amide bonds. The van der Waals surface area contributed by atoms with Crippen molar-refractivity contribution in [2.75, 3.05) is 6.61 Å². The molecule has 0 unspecified atom stereocenters. The van der Waals surface area contributed by atoms with E-state index in [0.717, 1.165) is 45.6 Å². The van der Waals surface area contributed by atoms with Gasteiger partial charge >= 0.3 is 35.8 Å². The van der Waals surface area contributed by atoms with Crippen LogP contribution < -0.4 is 4.74 Å². The van der Waals surface area contributed by atoms with Gasteiger partial charge in [-0.1, -0.05) is 19.1 Å². The summed E-state index contributed by atoms with van der Waals surface area (Å²) in [5.74, 6) is -4.01. The molecule has 16 heteroatoms. The number of fused-ring (bicyclic) bond motifs is 1. The van der Waals surface area contributed by atoms with Crippen molar-refractivity contribution in [3.63, 3.8) is 0 Å².